The molecule has 0 spiro atoms. The fourth-order valence-corrected chi connectivity index (χ4v) is 3.02. The number of hydrogen-bond donors (Lipinski definition) is 2. The van der Waals surface area contributed by atoms with Crippen LogP contribution >= 0.6 is 0 Å². The highest BCUT2D eigenvalue weighted by atomic mass is 16.4. The van der Waals surface area contributed by atoms with Crippen LogP contribution in [0.1, 0.15) is 50.3 Å². The maximum absolute atomic E-state index is 11.5. The first kappa shape index (κ1) is 16.7. The van der Waals surface area contributed by atoms with Crippen molar-refractivity contribution >= 4 is 0 Å². The van der Waals surface area contributed by atoms with E-state index in [1.165, 1.54) is 0 Å². The number of benzene rings is 1. The van der Waals surface area contributed by atoms with Crippen molar-refractivity contribution in [3.63, 3.8) is 0 Å². The fourth-order valence-electron chi connectivity index (χ4n) is 3.02. The first-order valence-electron chi connectivity index (χ1n) is 8.09. The number of aromatic nitrogens is 1. The van der Waals surface area contributed by atoms with Crippen LogP contribution in [0.5, 0.6) is 0 Å². The first-order chi connectivity index (χ1) is 10.7. The molecule has 22 heavy (non-hydrogen) atoms. The van der Waals surface area contributed by atoms with Gasteiger partial charge < -0.3 is 15.3 Å². The topological polar surface area (TPSA) is 72.3 Å². The SMILES string of the molecule is CCCC(CC)C(O)(c1ccccc1)c1ncc(CCN)o1. The number of aliphatic hydroxyl groups is 1. The minimum Gasteiger partial charge on any atom is -0.442 e. The Morgan fingerprint density at radius 3 is 2.59 bits per heavy atom. The Kier molecular flexibility index (Phi) is 5.75. The zero-order chi connectivity index (χ0) is 16.0. The summed E-state index contributed by atoms with van der Waals surface area (Å²) in [5.41, 5.74) is 5.21. The van der Waals surface area contributed by atoms with E-state index >= 15 is 0 Å². The van der Waals surface area contributed by atoms with E-state index < -0.39 is 5.60 Å². The third-order valence-corrected chi connectivity index (χ3v) is 4.21. The van der Waals surface area contributed by atoms with E-state index in [2.05, 4.69) is 18.8 Å². The largest absolute Gasteiger partial charge is 0.442 e. The highest BCUT2D eigenvalue weighted by Crippen LogP contribution is 2.40. The number of nitrogens with zero attached hydrogens (tertiary/aromatic N) is 1. The van der Waals surface area contributed by atoms with Gasteiger partial charge in [0.1, 0.15) is 5.76 Å². The van der Waals surface area contributed by atoms with Crippen LogP contribution < -0.4 is 5.73 Å². The summed E-state index contributed by atoms with van der Waals surface area (Å²) >= 11 is 0. The Bertz CT molecular complexity index is 567. The number of nitrogens with two attached hydrogens (primary N) is 1. The third kappa shape index (κ3) is 3.23. The van der Waals surface area contributed by atoms with Crippen LogP contribution in [0.3, 0.4) is 0 Å². The molecule has 0 aliphatic heterocycles. The summed E-state index contributed by atoms with van der Waals surface area (Å²) in [6.45, 7) is 4.73. The molecule has 0 saturated carbocycles. The minimum atomic E-state index is -1.20. The summed E-state index contributed by atoms with van der Waals surface area (Å²) < 4.78 is 5.83. The Hall–Kier alpha value is -1.65. The van der Waals surface area contributed by atoms with Crippen LogP contribution in [0.15, 0.2) is 40.9 Å². The van der Waals surface area contributed by atoms with E-state index in [0.29, 0.717) is 18.9 Å². The minimum absolute atomic E-state index is 0.0595. The molecule has 1 aromatic heterocycles. The average Bonchev–Trinajstić information content (AvgIpc) is 3.02. The predicted molar refractivity (Wildman–Crippen MR) is 87.4 cm³/mol. The lowest BCUT2D eigenvalue weighted by Crippen LogP contribution is -2.36. The lowest BCUT2D eigenvalue weighted by atomic mass is 9.77. The van der Waals surface area contributed by atoms with Crippen molar-refractivity contribution in [2.45, 2.75) is 45.1 Å². The summed E-state index contributed by atoms with van der Waals surface area (Å²) in [7, 11) is 0. The molecule has 3 N–H and O–H groups in total. The van der Waals surface area contributed by atoms with Gasteiger partial charge in [0.15, 0.2) is 5.60 Å². The second kappa shape index (κ2) is 7.56. The standard InChI is InChI=1S/C18H26N2O2/c1-3-8-14(4-2)18(21,15-9-6-5-7-10-15)17-20-13-16(22-17)11-12-19/h5-7,9-10,13-14,21H,3-4,8,11-12,19H2,1-2H3. The van der Waals surface area contributed by atoms with Crippen molar-refractivity contribution in [2.24, 2.45) is 11.7 Å². The molecular weight excluding hydrogens is 276 g/mol. The highest BCUT2D eigenvalue weighted by molar-refractivity contribution is 5.29. The van der Waals surface area contributed by atoms with E-state index in [-0.39, 0.29) is 5.92 Å². The van der Waals surface area contributed by atoms with Crippen molar-refractivity contribution < 1.29 is 9.52 Å². The summed E-state index contributed by atoms with van der Waals surface area (Å²) in [4.78, 5) is 4.36. The number of hydrogen-bond acceptors (Lipinski definition) is 4. The van der Waals surface area contributed by atoms with Crippen LogP contribution in [0.25, 0.3) is 0 Å². The van der Waals surface area contributed by atoms with E-state index in [1.807, 2.05) is 30.3 Å². The van der Waals surface area contributed by atoms with Crippen LogP contribution in [-0.4, -0.2) is 16.6 Å². The second-order valence-electron chi connectivity index (χ2n) is 5.70. The van der Waals surface area contributed by atoms with Crippen molar-refractivity contribution in [2.75, 3.05) is 6.54 Å². The quantitative estimate of drug-likeness (QED) is 0.785. The molecule has 120 valence electrons. The summed E-state index contributed by atoms with van der Waals surface area (Å²) in [6.07, 6.45) is 5.07. The van der Waals surface area contributed by atoms with Crippen LogP contribution in [-0.2, 0) is 12.0 Å². The molecule has 2 unspecified atom stereocenters. The summed E-state index contributed by atoms with van der Waals surface area (Å²) in [6, 6.07) is 9.68. The lowest BCUT2D eigenvalue weighted by molar-refractivity contribution is -0.0147. The lowest BCUT2D eigenvalue weighted by Gasteiger charge is -2.33. The van der Waals surface area contributed by atoms with Crippen LogP contribution in [0.4, 0.5) is 0 Å². The van der Waals surface area contributed by atoms with E-state index in [9.17, 15) is 5.11 Å². The highest BCUT2D eigenvalue weighted by Gasteiger charge is 2.43. The van der Waals surface area contributed by atoms with Gasteiger partial charge in [-0.1, -0.05) is 50.6 Å². The van der Waals surface area contributed by atoms with E-state index in [1.54, 1.807) is 6.20 Å². The monoisotopic (exact) mass is 302 g/mol. The second-order valence-corrected chi connectivity index (χ2v) is 5.70. The molecule has 4 nitrogen and oxygen atoms in total. The van der Waals surface area contributed by atoms with E-state index in [0.717, 1.165) is 30.6 Å². The number of oxazole rings is 1. The molecule has 0 radical (unpaired) electrons. The Morgan fingerprint density at radius 1 is 1.27 bits per heavy atom. The molecule has 1 heterocycles. The molecule has 2 aromatic rings. The van der Waals surface area contributed by atoms with Gasteiger partial charge >= 0.3 is 0 Å². The van der Waals surface area contributed by atoms with Crippen LogP contribution in [0.2, 0.25) is 0 Å². The van der Waals surface area contributed by atoms with Gasteiger partial charge in [0.2, 0.25) is 5.89 Å². The molecule has 1 aromatic carbocycles. The van der Waals surface area contributed by atoms with Gasteiger partial charge in [-0.3, -0.25) is 0 Å². The molecule has 0 bridgehead atoms. The van der Waals surface area contributed by atoms with Crippen molar-refractivity contribution in [3.05, 3.63) is 53.7 Å². The van der Waals surface area contributed by atoms with Gasteiger partial charge in [0.25, 0.3) is 0 Å². The normalized spacial score (nSPS) is 15.5. The van der Waals surface area contributed by atoms with Gasteiger partial charge in [-0.25, -0.2) is 4.98 Å². The van der Waals surface area contributed by atoms with Gasteiger partial charge in [-0.05, 0) is 24.9 Å². The Labute approximate surface area is 132 Å². The number of rotatable bonds is 8. The smallest absolute Gasteiger partial charge is 0.231 e. The first-order valence-corrected chi connectivity index (χ1v) is 8.09. The van der Waals surface area contributed by atoms with Gasteiger partial charge in [-0.2, -0.15) is 0 Å². The van der Waals surface area contributed by atoms with Gasteiger partial charge in [0.05, 0.1) is 6.20 Å². The Morgan fingerprint density at radius 2 is 2.00 bits per heavy atom. The van der Waals surface area contributed by atoms with E-state index in [4.69, 9.17) is 10.2 Å². The summed E-state index contributed by atoms with van der Waals surface area (Å²) in [5.74, 6) is 1.16. The molecule has 2 rings (SSSR count). The zero-order valence-corrected chi connectivity index (χ0v) is 13.5. The molecule has 0 aliphatic carbocycles. The summed E-state index contributed by atoms with van der Waals surface area (Å²) in [5, 5.41) is 11.5. The fraction of sp³-hybridized carbons (Fsp3) is 0.500. The maximum Gasteiger partial charge on any atom is 0.231 e. The molecule has 4 heteroatoms. The van der Waals surface area contributed by atoms with Crippen LogP contribution in [0, 0.1) is 5.92 Å². The van der Waals surface area contributed by atoms with Gasteiger partial charge in [-0.15, -0.1) is 0 Å². The molecule has 0 amide bonds. The molecule has 0 fully saturated rings. The molecule has 0 saturated heterocycles. The predicted octanol–water partition coefficient (Wildman–Crippen LogP) is 3.24. The van der Waals surface area contributed by atoms with Gasteiger partial charge in [0, 0.05) is 12.3 Å². The van der Waals surface area contributed by atoms with Crippen molar-refractivity contribution in [3.8, 4) is 0 Å². The zero-order valence-electron chi connectivity index (χ0n) is 13.5. The maximum atomic E-state index is 11.5. The molecule has 0 aliphatic rings. The third-order valence-electron chi connectivity index (χ3n) is 4.21. The Balaban J connectivity index is 2.48. The average molecular weight is 302 g/mol. The van der Waals surface area contributed by atoms with Crippen molar-refractivity contribution in [1.29, 1.82) is 0 Å². The van der Waals surface area contributed by atoms with Crippen molar-refractivity contribution in [1.82, 2.24) is 4.98 Å². The molecule has 2 atom stereocenters. The molecular formula is C18H26N2O2.